The average Bonchev–Trinajstić information content (AvgIpc) is 2.64. The van der Waals surface area contributed by atoms with E-state index < -0.39 is 17.6 Å². The molecule has 142 valence electrons. The Kier molecular flexibility index (Phi) is 7.25. The SMILES string of the molecule is CN(CCOc1ccc(Cl)cc1Cc1ccccc1)C(=O)/C=C(\O)C(=O)O. The molecule has 0 fully saturated rings. The van der Waals surface area contributed by atoms with Gasteiger partial charge in [0.2, 0.25) is 11.7 Å². The van der Waals surface area contributed by atoms with Crippen LogP contribution in [0.25, 0.3) is 0 Å². The highest BCUT2D eigenvalue weighted by molar-refractivity contribution is 6.30. The number of carboxylic acid groups (broad SMARTS) is 1. The van der Waals surface area contributed by atoms with Gasteiger partial charge in [0.15, 0.2) is 0 Å². The Morgan fingerprint density at radius 3 is 2.52 bits per heavy atom. The molecule has 2 aromatic rings. The third-order valence-corrected chi connectivity index (χ3v) is 4.03. The van der Waals surface area contributed by atoms with Crippen molar-refractivity contribution in [1.82, 2.24) is 4.90 Å². The van der Waals surface area contributed by atoms with E-state index in [0.717, 1.165) is 11.1 Å². The summed E-state index contributed by atoms with van der Waals surface area (Å²) >= 11 is 6.10. The molecule has 7 heteroatoms. The van der Waals surface area contributed by atoms with Crippen molar-refractivity contribution in [3.05, 3.63) is 76.5 Å². The standard InChI is InChI=1S/C20H20ClNO5/c1-22(19(24)13-17(23)20(25)26)9-10-27-18-8-7-16(21)12-15(18)11-14-5-3-2-4-6-14/h2-8,12-13,23H,9-11H2,1H3,(H,25,26)/b17-13-. The molecule has 2 N–H and O–H groups in total. The number of hydrogen-bond donors (Lipinski definition) is 2. The van der Waals surface area contributed by atoms with Crippen LogP contribution >= 0.6 is 11.6 Å². The summed E-state index contributed by atoms with van der Waals surface area (Å²) in [6.45, 7) is 0.420. The fourth-order valence-corrected chi connectivity index (χ4v) is 2.53. The van der Waals surface area contributed by atoms with Gasteiger partial charge in [-0.3, -0.25) is 4.79 Å². The lowest BCUT2D eigenvalue weighted by Crippen LogP contribution is -2.30. The zero-order valence-corrected chi connectivity index (χ0v) is 15.5. The number of aliphatic hydroxyl groups excluding tert-OH is 1. The molecular formula is C20H20ClNO5. The first-order chi connectivity index (χ1) is 12.9. The molecule has 0 heterocycles. The molecule has 0 unspecified atom stereocenters. The predicted octanol–water partition coefficient (Wildman–Crippen LogP) is 3.29. The summed E-state index contributed by atoms with van der Waals surface area (Å²) in [7, 11) is 1.49. The summed E-state index contributed by atoms with van der Waals surface area (Å²) in [6, 6.07) is 15.2. The minimum Gasteiger partial charge on any atom is -0.502 e. The number of carbonyl (C=O) groups is 2. The lowest BCUT2D eigenvalue weighted by molar-refractivity contribution is -0.136. The van der Waals surface area contributed by atoms with E-state index in [1.54, 1.807) is 12.1 Å². The molecule has 0 saturated carbocycles. The minimum absolute atomic E-state index is 0.202. The molecule has 0 atom stereocenters. The first kappa shape index (κ1) is 20.3. The van der Waals surface area contributed by atoms with Crippen molar-refractivity contribution in [3.8, 4) is 5.75 Å². The van der Waals surface area contributed by atoms with Crippen molar-refractivity contribution in [1.29, 1.82) is 0 Å². The molecule has 6 nitrogen and oxygen atoms in total. The Hall–Kier alpha value is -2.99. The number of nitrogens with zero attached hydrogens (tertiary/aromatic N) is 1. The molecule has 1 amide bonds. The van der Waals surface area contributed by atoms with Crippen LogP contribution in [-0.4, -0.2) is 47.2 Å². The molecule has 0 spiro atoms. The number of hydrogen-bond acceptors (Lipinski definition) is 4. The number of aliphatic hydroxyl groups is 1. The molecule has 2 rings (SSSR count). The lowest BCUT2D eigenvalue weighted by atomic mass is 10.0. The molecule has 0 bridgehead atoms. The summed E-state index contributed by atoms with van der Waals surface area (Å²) in [5.74, 6) is -2.53. The molecule has 2 aromatic carbocycles. The number of rotatable bonds is 8. The van der Waals surface area contributed by atoms with Crippen LogP contribution in [0.2, 0.25) is 5.02 Å². The van der Waals surface area contributed by atoms with Gasteiger partial charge in [0.05, 0.1) is 12.6 Å². The van der Waals surface area contributed by atoms with Gasteiger partial charge in [-0.1, -0.05) is 41.9 Å². The number of benzene rings is 2. The van der Waals surface area contributed by atoms with Gasteiger partial charge in [0, 0.05) is 18.5 Å². The zero-order valence-electron chi connectivity index (χ0n) is 14.8. The van der Waals surface area contributed by atoms with Crippen LogP contribution in [0, 0.1) is 0 Å². The van der Waals surface area contributed by atoms with E-state index >= 15 is 0 Å². The summed E-state index contributed by atoms with van der Waals surface area (Å²) < 4.78 is 5.79. The maximum absolute atomic E-state index is 11.8. The largest absolute Gasteiger partial charge is 0.502 e. The van der Waals surface area contributed by atoms with Crippen LogP contribution in [0.15, 0.2) is 60.4 Å². The second-order valence-electron chi connectivity index (χ2n) is 5.86. The molecule has 27 heavy (non-hydrogen) atoms. The Bertz CT molecular complexity index is 836. The lowest BCUT2D eigenvalue weighted by Gasteiger charge is -2.17. The van der Waals surface area contributed by atoms with Crippen molar-refractivity contribution in [2.24, 2.45) is 0 Å². The number of amides is 1. The van der Waals surface area contributed by atoms with E-state index in [1.165, 1.54) is 11.9 Å². The van der Waals surface area contributed by atoms with Crippen LogP contribution in [0.1, 0.15) is 11.1 Å². The number of carbonyl (C=O) groups excluding carboxylic acids is 1. The number of likely N-dealkylation sites (N-methyl/N-ethyl adjacent to an activating group) is 1. The second kappa shape index (κ2) is 9.64. The highest BCUT2D eigenvalue weighted by Crippen LogP contribution is 2.25. The third kappa shape index (κ3) is 6.34. The van der Waals surface area contributed by atoms with Crippen molar-refractivity contribution in [3.63, 3.8) is 0 Å². The second-order valence-corrected chi connectivity index (χ2v) is 6.29. The third-order valence-electron chi connectivity index (χ3n) is 3.80. The fraction of sp³-hybridized carbons (Fsp3) is 0.200. The fourth-order valence-electron chi connectivity index (χ4n) is 2.33. The minimum atomic E-state index is -1.56. The molecule has 0 aliphatic carbocycles. The zero-order chi connectivity index (χ0) is 19.8. The van der Waals surface area contributed by atoms with Crippen LogP contribution in [-0.2, 0) is 16.0 Å². The Labute approximate surface area is 162 Å². The quantitative estimate of drug-likeness (QED) is 0.534. The normalized spacial score (nSPS) is 11.1. The van der Waals surface area contributed by atoms with E-state index in [4.69, 9.17) is 26.6 Å². The molecule has 0 saturated heterocycles. The summed E-state index contributed by atoms with van der Waals surface area (Å²) in [5.41, 5.74) is 2.04. The van der Waals surface area contributed by atoms with Crippen molar-refractivity contribution < 1.29 is 24.5 Å². The van der Waals surface area contributed by atoms with E-state index in [0.29, 0.717) is 23.3 Å². The van der Waals surface area contributed by atoms with Gasteiger partial charge in [0.1, 0.15) is 12.4 Å². The first-order valence-corrected chi connectivity index (χ1v) is 8.59. The van der Waals surface area contributed by atoms with Crippen molar-refractivity contribution in [2.75, 3.05) is 20.2 Å². The Balaban J connectivity index is 1.98. The summed E-state index contributed by atoms with van der Waals surface area (Å²) in [6.07, 6.45) is 1.31. The van der Waals surface area contributed by atoms with Crippen LogP contribution in [0.4, 0.5) is 0 Å². The van der Waals surface area contributed by atoms with Gasteiger partial charge in [-0.25, -0.2) is 4.79 Å². The number of carboxylic acids is 1. The predicted molar refractivity (Wildman–Crippen MR) is 102 cm³/mol. The van der Waals surface area contributed by atoms with E-state index in [9.17, 15) is 9.59 Å². The Morgan fingerprint density at radius 1 is 1.15 bits per heavy atom. The summed E-state index contributed by atoms with van der Waals surface area (Å²) in [4.78, 5) is 23.6. The maximum Gasteiger partial charge on any atom is 0.371 e. The van der Waals surface area contributed by atoms with Gasteiger partial charge < -0.3 is 19.8 Å². The Morgan fingerprint density at radius 2 is 1.85 bits per heavy atom. The first-order valence-electron chi connectivity index (χ1n) is 8.21. The molecule has 0 aliphatic heterocycles. The highest BCUT2D eigenvalue weighted by atomic mass is 35.5. The number of halogens is 1. The van der Waals surface area contributed by atoms with Gasteiger partial charge in [-0.05, 0) is 29.3 Å². The average molecular weight is 390 g/mol. The highest BCUT2D eigenvalue weighted by Gasteiger charge is 2.12. The number of ether oxygens (including phenoxy) is 1. The number of aliphatic carboxylic acids is 1. The van der Waals surface area contributed by atoms with Crippen molar-refractivity contribution in [2.45, 2.75) is 6.42 Å². The van der Waals surface area contributed by atoms with Crippen LogP contribution < -0.4 is 4.74 Å². The maximum atomic E-state index is 11.8. The van der Waals surface area contributed by atoms with Crippen molar-refractivity contribution >= 4 is 23.5 Å². The molecule has 0 aliphatic rings. The van der Waals surface area contributed by atoms with Gasteiger partial charge in [-0.15, -0.1) is 0 Å². The topological polar surface area (TPSA) is 87.1 Å². The van der Waals surface area contributed by atoms with E-state index in [2.05, 4.69) is 0 Å². The molecule has 0 radical (unpaired) electrons. The van der Waals surface area contributed by atoms with Gasteiger partial charge in [0.25, 0.3) is 0 Å². The van der Waals surface area contributed by atoms with Gasteiger partial charge in [-0.2, -0.15) is 0 Å². The van der Waals surface area contributed by atoms with Crippen LogP contribution in [0.3, 0.4) is 0 Å². The summed E-state index contributed by atoms with van der Waals surface area (Å²) in [5, 5.41) is 18.3. The van der Waals surface area contributed by atoms with Crippen LogP contribution in [0.5, 0.6) is 5.75 Å². The monoisotopic (exact) mass is 389 g/mol. The smallest absolute Gasteiger partial charge is 0.371 e. The molecule has 0 aromatic heterocycles. The molecular weight excluding hydrogens is 370 g/mol. The van der Waals surface area contributed by atoms with E-state index in [-0.39, 0.29) is 13.2 Å². The van der Waals surface area contributed by atoms with E-state index in [1.807, 2.05) is 36.4 Å². The van der Waals surface area contributed by atoms with Gasteiger partial charge >= 0.3 is 5.97 Å².